The maximum atomic E-state index is 13.2. The van der Waals surface area contributed by atoms with Gasteiger partial charge >= 0.3 is 0 Å². The molecule has 3 aromatic rings. The van der Waals surface area contributed by atoms with Crippen molar-refractivity contribution in [1.82, 2.24) is 4.98 Å². The molecule has 2 nitrogen and oxygen atoms in total. The Kier molecular flexibility index (Phi) is 3.20. The van der Waals surface area contributed by atoms with Crippen molar-refractivity contribution in [2.45, 2.75) is 0 Å². The fraction of sp³-hybridized carbons (Fsp3) is 0. The van der Waals surface area contributed by atoms with Gasteiger partial charge in [-0.25, -0.2) is 13.8 Å². The van der Waals surface area contributed by atoms with Crippen LogP contribution in [0.2, 0.25) is 0 Å². The number of nitrogen functional groups attached to an aromatic ring is 1. The zero-order valence-electron chi connectivity index (χ0n) is 10.3. The van der Waals surface area contributed by atoms with Crippen molar-refractivity contribution < 1.29 is 8.78 Å². The molecule has 0 saturated heterocycles. The van der Waals surface area contributed by atoms with Gasteiger partial charge in [0.05, 0.1) is 5.69 Å². The van der Waals surface area contributed by atoms with E-state index in [2.05, 4.69) is 4.98 Å². The third-order valence-electron chi connectivity index (χ3n) is 2.80. The van der Waals surface area contributed by atoms with E-state index in [1.807, 2.05) is 18.2 Å². The van der Waals surface area contributed by atoms with E-state index < -0.39 is 11.6 Å². The molecule has 100 valence electrons. The van der Waals surface area contributed by atoms with Crippen molar-refractivity contribution in [2.24, 2.45) is 0 Å². The van der Waals surface area contributed by atoms with E-state index in [-0.39, 0.29) is 0 Å². The summed E-state index contributed by atoms with van der Waals surface area (Å²) < 4.78 is 26.4. The molecule has 0 saturated carbocycles. The standard InChI is InChI=1S/C15H10F2N2S/c16-11-4-10(5-12(17)7-11)14-8-20-15(19-14)9-2-1-3-13(18)6-9/h1-8H,18H2. The Morgan fingerprint density at radius 3 is 2.40 bits per heavy atom. The summed E-state index contributed by atoms with van der Waals surface area (Å²) in [7, 11) is 0. The zero-order valence-corrected chi connectivity index (χ0v) is 11.1. The molecule has 2 aromatic carbocycles. The summed E-state index contributed by atoms with van der Waals surface area (Å²) in [6.45, 7) is 0. The zero-order chi connectivity index (χ0) is 14.1. The summed E-state index contributed by atoms with van der Waals surface area (Å²) in [6, 6.07) is 10.7. The van der Waals surface area contributed by atoms with Gasteiger partial charge < -0.3 is 5.73 Å². The van der Waals surface area contributed by atoms with Crippen molar-refractivity contribution in [3.8, 4) is 21.8 Å². The molecule has 0 aliphatic rings. The number of benzene rings is 2. The second kappa shape index (κ2) is 5.02. The fourth-order valence-electron chi connectivity index (χ4n) is 1.91. The van der Waals surface area contributed by atoms with Crippen LogP contribution < -0.4 is 5.73 Å². The quantitative estimate of drug-likeness (QED) is 0.712. The number of aromatic nitrogens is 1. The van der Waals surface area contributed by atoms with Gasteiger partial charge in [0, 0.05) is 28.3 Å². The van der Waals surface area contributed by atoms with Crippen LogP contribution in [0.4, 0.5) is 14.5 Å². The van der Waals surface area contributed by atoms with E-state index in [4.69, 9.17) is 5.73 Å². The molecule has 0 radical (unpaired) electrons. The first kappa shape index (κ1) is 12.7. The number of nitrogens with two attached hydrogens (primary N) is 1. The van der Waals surface area contributed by atoms with Gasteiger partial charge in [-0.3, -0.25) is 0 Å². The first-order valence-electron chi connectivity index (χ1n) is 5.90. The van der Waals surface area contributed by atoms with Gasteiger partial charge in [0.2, 0.25) is 0 Å². The molecule has 0 atom stereocenters. The minimum atomic E-state index is -0.612. The first-order valence-corrected chi connectivity index (χ1v) is 6.78. The highest BCUT2D eigenvalue weighted by molar-refractivity contribution is 7.13. The number of hydrogen-bond acceptors (Lipinski definition) is 3. The molecule has 2 N–H and O–H groups in total. The highest BCUT2D eigenvalue weighted by Crippen LogP contribution is 2.30. The smallest absolute Gasteiger partial charge is 0.126 e. The van der Waals surface area contributed by atoms with E-state index in [1.54, 1.807) is 11.4 Å². The molecule has 0 spiro atoms. The maximum Gasteiger partial charge on any atom is 0.126 e. The predicted octanol–water partition coefficient (Wildman–Crippen LogP) is 4.34. The van der Waals surface area contributed by atoms with Crippen LogP contribution >= 0.6 is 11.3 Å². The number of anilines is 1. The minimum Gasteiger partial charge on any atom is -0.399 e. The highest BCUT2D eigenvalue weighted by Gasteiger charge is 2.09. The van der Waals surface area contributed by atoms with Crippen molar-refractivity contribution in [3.05, 3.63) is 59.5 Å². The minimum absolute atomic E-state index is 0.425. The molecule has 0 bridgehead atoms. The third kappa shape index (κ3) is 2.53. The summed E-state index contributed by atoms with van der Waals surface area (Å²) >= 11 is 1.41. The second-order valence-electron chi connectivity index (χ2n) is 4.32. The summed E-state index contributed by atoms with van der Waals surface area (Å²) in [5, 5.41) is 2.53. The monoisotopic (exact) mass is 288 g/mol. The van der Waals surface area contributed by atoms with Gasteiger partial charge in [-0.15, -0.1) is 11.3 Å². The van der Waals surface area contributed by atoms with Gasteiger partial charge in [-0.2, -0.15) is 0 Å². The lowest BCUT2D eigenvalue weighted by molar-refractivity contribution is 0.584. The average Bonchev–Trinajstić information content (AvgIpc) is 2.87. The summed E-state index contributed by atoms with van der Waals surface area (Å²) in [5.74, 6) is -1.22. The molecule has 20 heavy (non-hydrogen) atoms. The normalized spacial score (nSPS) is 10.7. The summed E-state index contributed by atoms with van der Waals surface area (Å²) in [4.78, 5) is 4.40. The Balaban J connectivity index is 2.02. The van der Waals surface area contributed by atoms with Crippen molar-refractivity contribution in [1.29, 1.82) is 0 Å². The Morgan fingerprint density at radius 1 is 0.950 bits per heavy atom. The molecular formula is C15H10F2N2S. The van der Waals surface area contributed by atoms with E-state index in [9.17, 15) is 8.78 Å². The van der Waals surface area contributed by atoms with Crippen molar-refractivity contribution in [3.63, 3.8) is 0 Å². The molecule has 0 aliphatic carbocycles. The molecule has 3 rings (SSSR count). The van der Waals surface area contributed by atoms with Crippen LogP contribution in [0.1, 0.15) is 0 Å². The van der Waals surface area contributed by atoms with Crippen LogP contribution in [0.25, 0.3) is 21.8 Å². The van der Waals surface area contributed by atoms with E-state index in [0.29, 0.717) is 16.9 Å². The largest absolute Gasteiger partial charge is 0.399 e. The maximum absolute atomic E-state index is 13.2. The van der Waals surface area contributed by atoms with Crippen LogP contribution in [0, 0.1) is 11.6 Å². The van der Waals surface area contributed by atoms with Gasteiger partial charge in [-0.1, -0.05) is 12.1 Å². The lowest BCUT2D eigenvalue weighted by Crippen LogP contribution is -1.86. The number of halogens is 2. The van der Waals surface area contributed by atoms with Gasteiger partial charge in [0.25, 0.3) is 0 Å². The van der Waals surface area contributed by atoms with Crippen LogP contribution in [0.5, 0.6) is 0 Å². The van der Waals surface area contributed by atoms with Crippen LogP contribution in [-0.2, 0) is 0 Å². The molecule has 0 aliphatic heterocycles. The fourth-order valence-corrected chi connectivity index (χ4v) is 2.74. The molecule has 1 aromatic heterocycles. The first-order chi connectivity index (χ1) is 9.61. The molecular weight excluding hydrogens is 278 g/mol. The van der Waals surface area contributed by atoms with Crippen LogP contribution in [0.15, 0.2) is 47.8 Å². The molecule has 1 heterocycles. The van der Waals surface area contributed by atoms with E-state index in [0.717, 1.165) is 16.6 Å². The summed E-state index contributed by atoms with van der Waals surface area (Å²) in [6.07, 6.45) is 0. The van der Waals surface area contributed by atoms with Gasteiger partial charge in [0.15, 0.2) is 0 Å². The Hall–Kier alpha value is -2.27. The van der Waals surface area contributed by atoms with Gasteiger partial charge in [-0.05, 0) is 24.3 Å². The lowest BCUT2D eigenvalue weighted by atomic mass is 10.1. The predicted molar refractivity (Wildman–Crippen MR) is 77.3 cm³/mol. The Morgan fingerprint density at radius 2 is 1.70 bits per heavy atom. The number of thiazole rings is 1. The number of hydrogen-bond donors (Lipinski definition) is 1. The lowest BCUT2D eigenvalue weighted by Gasteiger charge is -1.99. The third-order valence-corrected chi connectivity index (χ3v) is 3.69. The van der Waals surface area contributed by atoms with Crippen molar-refractivity contribution >= 4 is 17.0 Å². The number of rotatable bonds is 2. The Labute approximate surface area is 118 Å². The average molecular weight is 288 g/mol. The summed E-state index contributed by atoms with van der Waals surface area (Å²) in [5.41, 5.74) is 8.24. The molecule has 0 unspecified atom stereocenters. The molecule has 0 amide bonds. The number of nitrogens with zero attached hydrogens (tertiary/aromatic N) is 1. The van der Waals surface area contributed by atoms with E-state index in [1.165, 1.54) is 23.5 Å². The van der Waals surface area contributed by atoms with Gasteiger partial charge in [0.1, 0.15) is 16.6 Å². The SMILES string of the molecule is Nc1cccc(-c2nc(-c3cc(F)cc(F)c3)cs2)c1. The molecule has 0 fully saturated rings. The topological polar surface area (TPSA) is 38.9 Å². The second-order valence-corrected chi connectivity index (χ2v) is 5.18. The van der Waals surface area contributed by atoms with Crippen LogP contribution in [0.3, 0.4) is 0 Å². The highest BCUT2D eigenvalue weighted by atomic mass is 32.1. The Bertz CT molecular complexity index is 748. The van der Waals surface area contributed by atoms with Crippen molar-refractivity contribution in [2.75, 3.05) is 5.73 Å². The van der Waals surface area contributed by atoms with E-state index >= 15 is 0 Å². The molecule has 5 heteroatoms. The van der Waals surface area contributed by atoms with Crippen LogP contribution in [-0.4, -0.2) is 4.98 Å².